The van der Waals surface area contributed by atoms with Crippen molar-refractivity contribution in [3.05, 3.63) is 0 Å². The van der Waals surface area contributed by atoms with E-state index in [1.807, 2.05) is 0 Å². The van der Waals surface area contributed by atoms with Crippen LogP contribution in [-0.2, 0) is 14.8 Å². The Morgan fingerprint density at radius 1 is 1.47 bits per heavy atom. The number of carbonyl (C=O) groups is 1. The first kappa shape index (κ1) is 16.3. The number of hydrogen-bond donors (Lipinski definition) is 3. The van der Waals surface area contributed by atoms with Gasteiger partial charge in [-0.25, -0.2) is 12.7 Å². The van der Waals surface area contributed by atoms with Crippen molar-refractivity contribution in [2.45, 2.75) is 19.4 Å². The Kier molecular flexibility index (Phi) is 7.28. The van der Waals surface area contributed by atoms with Crippen molar-refractivity contribution in [1.82, 2.24) is 9.62 Å². The first-order chi connectivity index (χ1) is 7.79. The Bertz CT molecular complexity index is 331. The molecule has 0 saturated carbocycles. The van der Waals surface area contributed by atoms with Crippen molar-refractivity contribution in [3.8, 4) is 0 Å². The largest absolute Gasteiger partial charge is 0.368 e. The van der Waals surface area contributed by atoms with E-state index < -0.39 is 22.0 Å². The smallest absolute Gasteiger partial charge is 0.235 e. The number of primary amides is 1. The van der Waals surface area contributed by atoms with Gasteiger partial charge in [-0.05, 0) is 13.0 Å². The third-order valence-electron chi connectivity index (χ3n) is 2.31. The fraction of sp³-hybridized carbons (Fsp3) is 0.889. The predicted octanol–water partition coefficient (Wildman–Crippen LogP) is -1.94. The normalized spacial score (nSPS) is 13.9. The summed E-state index contributed by atoms with van der Waals surface area (Å²) in [7, 11) is -3.13. The van der Waals surface area contributed by atoms with Crippen LogP contribution in [0.15, 0.2) is 0 Å². The lowest BCUT2D eigenvalue weighted by atomic mass is 10.3. The summed E-state index contributed by atoms with van der Waals surface area (Å²) in [4.78, 5) is 10.6. The molecule has 0 spiro atoms. The predicted molar refractivity (Wildman–Crippen MR) is 66.7 cm³/mol. The van der Waals surface area contributed by atoms with Gasteiger partial charge in [0.25, 0.3) is 0 Å². The van der Waals surface area contributed by atoms with Crippen LogP contribution >= 0.6 is 0 Å². The summed E-state index contributed by atoms with van der Waals surface area (Å²) < 4.78 is 23.9. The van der Waals surface area contributed by atoms with E-state index in [4.69, 9.17) is 11.5 Å². The molecule has 0 saturated heterocycles. The van der Waals surface area contributed by atoms with Gasteiger partial charge in [0.15, 0.2) is 0 Å². The average molecular weight is 266 g/mol. The quantitative estimate of drug-likeness (QED) is 0.420. The molecule has 0 aromatic carbocycles. The molecular weight excluding hydrogens is 244 g/mol. The fourth-order valence-corrected chi connectivity index (χ4v) is 2.23. The first-order valence-corrected chi connectivity index (χ1v) is 7.34. The number of hydrogen-bond acceptors (Lipinski definition) is 5. The monoisotopic (exact) mass is 266 g/mol. The van der Waals surface area contributed by atoms with E-state index in [9.17, 15) is 13.2 Å². The van der Waals surface area contributed by atoms with Crippen LogP contribution in [0.2, 0.25) is 0 Å². The molecule has 0 rings (SSSR count). The van der Waals surface area contributed by atoms with Crippen molar-refractivity contribution >= 4 is 15.9 Å². The molecule has 0 aliphatic heterocycles. The van der Waals surface area contributed by atoms with Gasteiger partial charge < -0.3 is 16.8 Å². The number of carbonyl (C=O) groups excluding carboxylic acids is 1. The second-order valence-corrected chi connectivity index (χ2v) is 5.80. The van der Waals surface area contributed by atoms with Crippen LogP contribution in [0.1, 0.15) is 13.3 Å². The molecule has 0 fully saturated rings. The van der Waals surface area contributed by atoms with Crippen LogP contribution in [0, 0.1) is 0 Å². The minimum Gasteiger partial charge on any atom is -0.368 e. The summed E-state index contributed by atoms with van der Waals surface area (Å²) in [6, 6.07) is -0.702. The summed E-state index contributed by atoms with van der Waals surface area (Å²) in [5, 5.41) is 2.95. The average Bonchev–Trinajstić information content (AvgIpc) is 2.20. The van der Waals surface area contributed by atoms with Gasteiger partial charge in [0.1, 0.15) is 0 Å². The van der Waals surface area contributed by atoms with Crippen molar-refractivity contribution in [2.24, 2.45) is 11.5 Å². The molecule has 0 aliphatic rings. The van der Waals surface area contributed by atoms with E-state index in [1.165, 1.54) is 10.6 Å². The molecular formula is C9H22N4O3S. The molecule has 102 valence electrons. The van der Waals surface area contributed by atoms with Gasteiger partial charge in [0.2, 0.25) is 15.9 Å². The van der Waals surface area contributed by atoms with Gasteiger partial charge in [0, 0.05) is 19.6 Å². The number of nitrogens with two attached hydrogens (primary N) is 2. The Labute approximate surface area is 103 Å². The van der Waals surface area contributed by atoms with Gasteiger partial charge in [-0.1, -0.05) is 6.92 Å². The molecule has 1 atom stereocenters. The molecule has 0 aliphatic carbocycles. The van der Waals surface area contributed by atoms with Crippen molar-refractivity contribution in [1.29, 1.82) is 0 Å². The number of amides is 1. The zero-order valence-corrected chi connectivity index (χ0v) is 11.2. The van der Waals surface area contributed by atoms with Crippen molar-refractivity contribution in [2.75, 3.05) is 32.4 Å². The molecule has 5 N–H and O–H groups in total. The highest BCUT2D eigenvalue weighted by molar-refractivity contribution is 7.88. The highest BCUT2D eigenvalue weighted by Gasteiger charge is 2.13. The first-order valence-electron chi connectivity index (χ1n) is 5.49. The SMILES string of the molecule is CCN(CCCNCC(N)C(N)=O)S(C)(=O)=O. The third kappa shape index (κ3) is 7.27. The summed E-state index contributed by atoms with van der Waals surface area (Å²) >= 11 is 0. The second kappa shape index (κ2) is 7.59. The van der Waals surface area contributed by atoms with E-state index in [0.29, 0.717) is 32.6 Å². The van der Waals surface area contributed by atoms with Crippen molar-refractivity contribution in [3.63, 3.8) is 0 Å². The summed E-state index contributed by atoms with van der Waals surface area (Å²) in [6.45, 7) is 3.60. The lowest BCUT2D eigenvalue weighted by Gasteiger charge is -2.17. The fourth-order valence-electron chi connectivity index (χ4n) is 1.30. The van der Waals surface area contributed by atoms with Crippen LogP contribution in [0.25, 0.3) is 0 Å². The van der Waals surface area contributed by atoms with Crippen LogP contribution in [0.4, 0.5) is 0 Å². The molecule has 0 heterocycles. The third-order valence-corrected chi connectivity index (χ3v) is 3.69. The Morgan fingerprint density at radius 2 is 2.06 bits per heavy atom. The maximum atomic E-state index is 11.2. The molecule has 1 amide bonds. The molecule has 8 heteroatoms. The zero-order valence-electron chi connectivity index (χ0n) is 10.3. The molecule has 7 nitrogen and oxygen atoms in total. The van der Waals surface area contributed by atoms with E-state index in [1.54, 1.807) is 6.92 Å². The van der Waals surface area contributed by atoms with Gasteiger partial charge in [-0.15, -0.1) is 0 Å². The zero-order chi connectivity index (χ0) is 13.5. The number of nitrogens with zero attached hydrogens (tertiary/aromatic N) is 1. The van der Waals surface area contributed by atoms with Crippen LogP contribution in [0.3, 0.4) is 0 Å². The maximum Gasteiger partial charge on any atom is 0.235 e. The van der Waals surface area contributed by atoms with Crippen LogP contribution in [-0.4, -0.2) is 57.1 Å². The molecule has 17 heavy (non-hydrogen) atoms. The molecule has 0 radical (unpaired) electrons. The molecule has 0 aromatic rings. The number of nitrogens with one attached hydrogen (secondary N) is 1. The van der Waals surface area contributed by atoms with Gasteiger partial charge in [-0.2, -0.15) is 0 Å². The molecule has 0 bridgehead atoms. The summed E-state index contributed by atoms with van der Waals surface area (Å²) in [5.41, 5.74) is 10.4. The summed E-state index contributed by atoms with van der Waals surface area (Å²) in [5.74, 6) is -0.552. The highest BCUT2D eigenvalue weighted by Crippen LogP contribution is 1.97. The van der Waals surface area contributed by atoms with Gasteiger partial charge in [0.05, 0.1) is 12.3 Å². The lowest BCUT2D eigenvalue weighted by molar-refractivity contribution is -0.119. The van der Waals surface area contributed by atoms with Crippen LogP contribution < -0.4 is 16.8 Å². The van der Waals surface area contributed by atoms with Crippen LogP contribution in [0.5, 0.6) is 0 Å². The van der Waals surface area contributed by atoms with E-state index in [0.717, 1.165) is 0 Å². The Hall–Kier alpha value is -0.700. The number of sulfonamides is 1. The number of rotatable bonds is 9. The minimum absolute atomic E-state index is 0.306. The molecule has 1 unspecified atom stereocenters. The molecule has 0 aromatic heterocycles. The lowest BCUT2D eigenvalue weighted by Crippen LogP contribution is -2.44. The van der Waals surface area contributed by atoms with E-state index in [2.05, 4.69) is 5.32 Å². The minimum atomic E-state index is -3.13. The van der Waals surface area contributed by atoms with Gasteiger partial charge in [-0.3, -0.25) is 4.79 Å². The maximum absolute atomic E-state index is 11.2. The van der Waals surface area contributed by atoms with E-state index in [-0.39, 0.29) is 0 Å². The van der Waals surface area contributed by atoms with Gasteiger partial charge >= 0.3 is 0 Å². The second-order valence-electron chi connectivity index (χ2n) is 3.82. The van der Waals surface area contributed by atoms with Crippen molar-refractivity contribution < 1.29 is 13.2 Å². The summed E-state index contributed by atoms with van der Waals surface area (Å²) in [6.07, 6.45) is 1.85. The Balaban J connectivity index is 3.74. The highest BCUT2D eigenvalue weighted by atomic mass is 32.2. The van der Waals surface area contributed by atoms with E-state index >= 15 is 0 Å². The standard InChI is InChI=1S/C9H22N4O3S/c1-3-13(17(2,15)16)6-4-5-12-7-8(10)9(11)14/h8,12H,3-7,10H2,1-2H3,(H2,11,14). The Morgan fingerprint density at radius 3 is 2.47 bits per heavy atom. The topological polar surface area (TPSA) is 119 Å².